The first-order valence-corrected chi connectivity index (χ1v) is 12.5. The molecule has 1 unspecified atom stereocenters. The second-order valence-corrected chi connectivity index (χ2v) is 9.69. The lowest BCUT2D eigenvalue weighted by Gasteiger charge is -2.32. The molecule has 0 bridgehead atoms. The lowest BCUT2D eigenvalue weighted by molar-refractivity contribution is -0.143. The Labute approximate surface area is 201 Å². The molecule has 0 aliphatic carbocycles. The second kappa shape index (κ2) is 11.8. The molecular weight excluding hydrogens is 428 g/mol. The highest BCUT2D eigenvalue weighted by atomic mass is 32.1. The molecule has 5 heteroatoms. The van der Waals surface area contributed by atoms with Gasteiger partial charge in [0.1, 0.15) is 6.54 Å². The summed E-state index contributed by atoms with van der Waals surface area (Å²) in [5.41, 5.74) is 3.27. The van der Waals surface area contributed by atoms with Gasteiger partial charge in [-0.25, -0.2) is 0 Å². The minimum Gasteiger partial charge on any atom is -0.332 e. The van der Waals surface area contributed by atoms with Gasteiger partial charge in [-0.2, -0.15) is 0 Å². The molecule has 0 N–H and O–H groups in total. The van der Waals surface area contributed by atoms with E-state index in [0.717, 1.165) is 11.1 Å². The van der Waals surface area contributed by atoms with Crippen molar-refractivity contribution < 1.29 is 9.59 Å². The summed E-state index contributed by atoms with van der Waals surface area (Å²) in [6.45, 7) is 9.21. The number of aryl methyl sites for hydroxylation is 1. The van der Waals surface area contributed by atoms with Crippen LogP contribution < -0.4 is 0 Å². The molecule has 2 aromatic carbocycles. The van der Waals surface area contributed by atoms with Gasteiger partial charge in [0, 0.05) is 17.5 Å². The predicted molar refractivity (Wildman–Crippen MR) is 136 cm³/mol. The summed E-state index contributed by atoms with van der Waals surface area (Å²) < 4.78 is 0. The topological polar surface area (TPSA) is 40.6 Å². The quantitative estimate of drug-likeness (QED) is 0.370. The Morgan fingerprint density at radius 3 is 2.09 bits per heavy atom. The molecule has 0 saturated carbocycles. The first kappa shape index (κ1) is 24.7. The summed E-state index contributed by atoms with van der Waals surface area (Å²) in [7, 11) is 0. The van der Waals surface area contributed by atoms with E-state index >= 15 is 0 Å². The Morgan fingerprint density at radius 2 is 1.55 bits per heavy atom. The maximum Gasteiger partial charge on any atom is 0.242 e. The van der Waals surface area contributed by atoms with Crippen LogP contribution in [0, 0.1) is 6.92 Å². The maximum absolute atomic E-state index is 13.6. The van der Waals surface area contributed by atoms with Crippen molar-refractivity contribution in [2.45, 2.75) is 59.2 Å². The van der Waals surface area contributed by atoms with E-state index in [2.05, 4.69) is 18.4 Å². The molecule has 0 saturated heterocycles. The second-order valence-electron chi connectivity index (χ2n) is 8.69. The number of hydrogen-bond donors (Lipinski definition) is 0. The molecule has 1 aromatic heterocycles. The minimum absolute atomic E-state index is 0.0130. The standard InChI is InChI=1S/C28H34N2O2S/c1-5-25(24-14-10-7-11-15-24)28(32)30(21(2)3)20-27(31)29(18-23-12-8-6-9-13-23)19-26-22(4)16-17-33-26/h6-17,21,25H,5,18-20H2,1-4H3. The van der Waals surface area contributed by atoms with Crippen molar-refractivity contribution in [2.24, 2.45) is 0 Å². The van der Waals surface area contributed by atoms with E-state index in [1.807, 2.05) is 86.3 Å². The van der Waals surface area contributed by atoms with Crippen LogP contribution in [0.4, 0.5) is 0 Å². The van der Waals surface area contributed by atoms with Crippen molar-refractivity contribution in [3.63, 3.8) is 0 Å². The highest BCUT2D eigenvalue weighted by Gasteiger charge is 2.29. The molecule has 0 spiro atoms. The van der Waals surface area contributed by atoms with Crippen LogP contribution in [0.2, 0.25) is 0 Å². The molecule has 2 amide bonds. The smallest absolute Gasteiger partial charge is 0.242 e. The number of hydrogen-bond acceptors (Lipinski definition) is 3. The van der Waals surface area contributed by atoms with E-state index in [9.17, 15) is 9.59 Å². The van der Waals surface area contributed by atoms with Crippen molar-refractivity contribution in [3.8, 4) is 0 Å². The fraction of sp³-hybridized carbons (Fsp3) is 0.357. The third kappa shape index (κ3) is 6.55. The van der Waals surface area contributed by atoms with Crippen molar-refractivity contribution in [3.05, 3.63) is 93.7 Å². The van der Waals surface area contributed by atoms with Crippen LogP contribution in [-0.2, 0) is 22.7 Å². The molecular formula is C28H34N2O2S. The van der Waals surface area contributed by atoms with E-state index in [1.54, 1.807) is 16.2 Å². The zero-order valence-electron chi connectivity index (χ0n) is 20.0. The molecule has 33 heavy (non-hydrogen) atoms. The average Bonchev–Trinajstić information content (AvgIpc) is 3.22. The first-order valence-electron chi connectivity index (χ1n) is 11.6. The molecule has 174 valence electrons. The lowest BCUT2D eigenvalue weighted by atomic mass is 9.94. The van der Waals surface area contributed by atoms with Crippen molar-refractivity contribution in [1.29, 1.82) is 0 Å². The van der Waals surface area contributed by atoms with Gasteiger partial charge in [0.05, 0.1) is 12.5 Å². The first-order chi connectivity index (χ1) is 15.9. The largest absolute Gasteiger partial charge is 0.332 e. The van der Waals surface area contributed by atoms with Gasteiger partial charge in [-0.05, 0) is 55.3 Å². The van der Waals surface area contributed by atoms with E-state index in [0.29, 0.717) is 19.5 Å². The number of nitrogens with zero attached hydrogens (tertiary/aromatic N) is 2. The van der Waals surface area contributed by atoms with Crippen LogP contribution in [-0.4, -0.2) is 34.2 Å². The molecule has 0 fully saturated rings. The Balaban J connectivity index is 1.82. The van der Waals surface area contributed by atoms with Crippen molar-refractivity contribution in [1.82, 2.24) is 9.80 Å². The third-order valence-electron chi connectivity index (χ3n) is 5.99. The molecule has 3 rings (SSSR count). The zero-order valence-corrected chi connectivity index (χ0v) is 20.8. The molecule has 1 atom stereocenters. The minimum atomic E-state index is -0.247. The number of thiophene rings is 1. The summed E-state index contributed by atoms with van der Waals surface area (Å²) >= 11 is 1.67. The van der Waals surface area contributed by atoms with Gasteiger partial charge in [-0.1, -0.05) is 67.6 Å². The number of carbonyl (C=O) groups is 2. The van der Waals surface area contributed by atoms with Gasteiger partial charge in [0.25, 0.3) is 0 Å². The summed E-state index contributed by atoms with van der Waals surface area (Å²) in [6.07, 6.45) is 0.697. The fourth-order valence-electron chi connectivity index (χ4n) is 3.97. The molecule has 0 radical (unpaired) electrons. The summed E-state index contributed by atoms with van der Waals surface area (Å²) in [5.74, 6) is -0.265. The van der Waals surface area contributed by atoms with E-state index in [1.165, 1.54) is 10.4 Å². The number of benzene rings is 2. The van der Waals surface area contributed by atoms with Crippen LogP contribution in [0.25, 0.3) is 0 Å². The predicted octanol–water partition coefficient (Wildman–Crippen LogP) is 6.02. The number of carbonyl (C=O) groups excluding carboxylic acids is 2. The van der Waals surface area contributed by atoms with E-state index in [4.69, 9.17) is 0 Å². The van der Waals surface area contributed by atoms with Crippen LogP contribution in [0.5, 0.6) is 0 Å². The van der Waals surface area contributed by atoms with Gasteiger partial charge in [-0.3, -0.25) is 9.59 Å². The lowest BCUT2D eigenvalue weighted by Crippen LogP contribution is -2.47. The van der Waals surface area contributed by atoms with Crippen molar-refractivity contribution >= 4 is 23.2 Å². The summed E-state index contributed by atoms with van der Waals surface area (Å²) in [4.78, 5) is 31.9. The van der Waals surface area contributed by atoms with Crippen LogP contribution in [0.15, 0.2) is 72.1 Å². The number of rotatable bonds is 10. The monoisotopic (exact) mass is 462 g/mol. The van der Waals surface area contributed by atoms with Gasteiger partial charge < -0.3 is 9.80 Å². The average molecular weight is 463 g/mol. The number of amides is 2. The normalized spacial score (nSPS) is 11.9. The molecule has 1 heterocycles. The van der Waals surface area contributed by atoms with Gasteiger partial charge in [-0.15, -0.1) is 11.3 Å². The fourth-order valence-corrected chi connectivity index (χ4v) is 4.90. The van der Waals surface area contributed by atoms with Gasteiger partial charge >= 0.3 is 0 Å². The van der Waals surface area contributed by atoms with Gasteiger partial charge in [0.15, 0.2) is 0 Å². The Kier molecular flexibility index (Phi) is 8.84. The van der Waals surface area contributed by atoms with Gasteiger partial charge in [0.2, 0.25) is 11.8 Å². The maximum atomic E-state index is 13.6. The molecule has 3 aromatic rings. The summed E-state index contributed by atoms with van der Waals surface area (Å²) in [5, 5.41) is 2.06. The van der Waals surface area contributed by atoms with Crippen LogP contribution in [0.3, 0.4) is 0 Å². The third-order valence-corrected chi connectivity index (χ3v) is 7.00. The van der Waals surface area contributed by atoms with Crippen LogP contribution >= 0.6 is 11.3 Å². The Hall–Kier alpha value is -2.92. The molecule has 0 aliphatic heterocycles. The van der Waals surface area contributed by atoms with E-state index < -0.39 is 0 Å². The highest BCUT2D eigenvalue weighted by Crippen LogP contribution is 2.24. The Morgan fingerprint density at radius 1 is 0.909 bits per heavy atom. The van der Waals surface area contributed by atoms with Crippen LogP contribution in [0.1, 0.15) is 54.7 Å². The van der Waals surface area contributed by atoms with E-state index in [-0.39, 0.29) is 30.3 Å². The Bertz CT molecular complexity index is 1030. The molecule has 4 nitrogen and oxygen atoms in total. The summed E-state index contributed by atoms with van der Waals surface area (Å²) in [6, 6.07) is 21.9. The highest BCUT2D eigenvalue weighted by molar-refractivity contribution is 7.10. The van der Waals surface area contributed by atoms with Crippen molar-refractivity contribution in [2.75, 3.05) is 6.54 Å². The zero-order chi connectivity index (χ0) is 23.8. The molecule has 0 aliphatic rings. The SMILES string of the molecule is CCC(C(=O)N(CC(=O)N(Cc1ccccc1)Cc1sccc1C)C(C)C)c1ccccc1.